The number of rotatable bonds is 5. The van der Waals surface area contributed by atoms with Crippen molar-refractivity contribution < 1.29 is 13.2 Å². The number of nitrogens with one attached hydrogen (secondary N) is 1. The molecule has 0 aliphatic carbocycles. The van der Waals surface area contributed by atoms with Crippen LogP contribution in [0.3, 0.4) is 0 Å². The maximum absolute atomic E-state index is 13.1. The van der Waals surface area contributed by atoms with E-state index in [2.05, 4.69) is 5.32 Å². The van der Waals surface area contributed by atoms with Gasteiger partial charge in [-0.25, -0.2) is 8.42 Å². The maximum atomic E-state index is 13.1. The molecule has 0 spiro atoms. The van der Waals surface area contributed by atoms with Gasteiger partial charge in [0.15, 0.2) is 0 Å². The molecule has 2 aromatic carbocycles. The molecule has 7 nitrogen and oxygen atoms in total. The van der Waals surface area contributed by atoms with E-state index in [1.807, 2.05) is 6.07 Å². The van der Waals surface area contributed by atoms with Gasteiger partial charge in [0.05, 0.1) is 10.4 Å². The Morgan fingerprint density at radius 3 is 2.55 bits per heavy atom. The molecule has 1 N–H and O–H groups in total. The second-order valence-corrected chi connectivity index (χ2v) is 9.89. The van der Waals surface area contributed by atoms with Crippen molar-refractivity contribution in [1.82, 2.24) is 14.2 Å². The number of fused-ring (bicyclic) bond motifs is 1. The molecular formula is C22H22ClN3O4S. The lowest BCUT2D eigenvalue weighted by Gasteiger charge is -2.16. The number of pyridine rings is 1. The molecule has 1 aliphatic heterocycles. The minimum absolute atomic E-state index is 0.0576. The molecule has 1 fully saturated rings. The summed E-state index contributed by atoms with van der Waals surface area (Å²) in [5.41, 5.74) is 0.711. The Kier molecular flexibility index (Phi) is 5.88. The van der Waals surface area contributed by atoms with Crippen LogP contribution in [0, 0.1) is 0 Å². The summed E-state index contributed by atoms with van der Waals surface area (Å²) in [6, 6.07) is 11.6. The first-order valence-electron chi connectivity index (χ1n) is 9.94. The summed E-state index contributed by atoms with van der Waals surface area (Å²) in [4.78, 5) is 25.9. The van der Waals surface area contributed by atoms with Gasteiger partial charge >= 0.3 is 0 Å². The highest BCUT2D eigenvalue weighted by Gasteiger charge is 2.28. The fourth-order valence-corrected chi connectivity index (χ4v) is 5.53. The van der Waals surface area contributed by atoms with Gasteiger partial charge in [0.25, 0.3) is 5.91 Å². The van der Waals surface area contributed by atoms with E-state index in [0.717, 1.165) is 18.4 Å². The van der Waals surface area contributed by atoms with E-state index in [9.17, 15) is 18.0 Å². The van der Waals surface area contributed by atoms with Gasteiger partial charge in [-0.3, -0.25) is 9.59 Å². The molecule has 4 rings (SSSR count). The normalized spacial score (nSPS) is 14.8. The van der Waals surface area contributed by atoms with Crippen molar-refractivity contribution in [3.8, 4) is 0 Å². The highest BCUT2D eigenvalue weighted by Crippen LogP contribution is 2.23. The molecule has 162 valence electrons. The van der Waals surface area contributed by atoms with Gasteiger partial charge in [-0.1, -0.05) is 29.8 Å². The third kappa shape index (κ3) is 4.11. The Morgan fingerprint density at radius 2 is 1.84 bits per heavy atom. The molecule has 1 saturated heterocycles. The number of aromatic nitrogens is 1. The van der Waals surface area contributed by atoms with Gasteiger partial charge in [-0.2, -0.15) is 4.31 Å². The largest absolute Gasteiger partial charge is 0.350 e. The summed E-state index contributed by atoms with van der Waals surface area (Å²) >= 11 is 6.12. The van der Waals surface area contributed by atoms with Crippen molar-refractivity contribution in [2.24, 2.45) is 7.05 Å². The number of halogens is 1. The molecule has 31 heavy (non-hydrogen) atoms. The lowest BCUT2D eigenvalue weighted by Crippen LogP contribution is -2.30. The minimum atomic E-state index is -3.67. The van der Waals surface area contributed by atoms with E-state index in [-0.39, 0.29) is 22.4 Å². The van der Waals surface area contributed by atoms with Crippen LogP contribution < -0.4 is 10.7 Å². The van der Waals surface area contributed by atoms with Crippen molar-refractivity contribution in [1.29, 1.82) is 0 Å². The molecule has 1 aromatic heterocycles. The Hall–Kier alpha value is -2.68. The van der Waals surface area contributed by atoms with E-state index >= 15 is 0 Å². The molecule has 1 aliphatic rings. The maximum Gasteiger partial charge on any atom is 0.257 e. The van der Waals surface area contributed by atoms with Gasteiger partial charge in [-0.15, -0.1) is 0 Å². The molecule has 0 radical (unpaired) electrons. The highest BCUT2D eigenvalue weighted by molar-refractivity contribution is 7.89. The standard InChI is InChI=1S/C22H22ClN3O4S/c1-25-14-18(22(28)24-13-15-6-2-3-7-19(15)23)21(27)17-12-16(8-9-20(17)25)31(29,30)26-10-4-5-11-26/h2-3,6-9,12,14H,4-5,10-11,13H2,1H3,(H,24,28). The van der Waals surface area contributed by atoms with Crippen LogP contribution in [0.2, 0.25) is 5.02 Å². The Bertz CT molecular complexity index is 1330. The second-order valence-electron chi connectivity index (χ2n) is 7.55. The summed E-state index contributed by atoms with van der Waals surface area (Å²) in [5, 5.41) is 3.42. The van der Waals surface area contributed by atoms with E-state index in [0.29, 0.717) is 23.6 Å². The van der Waals surface area contributed by atoms with Crippen molar-refractivity contribution in [3.63, 3.8) is 0 Å². The molecule has 2 heterocycles. The number of benzene rings is 2. The van der Waals surface area contributed by atoms with Gasteiger partial charge in [0.1, 0.15) is 5.56 Å². The second kappa shape index (κ2) is 8.45. The fourth-order valence-electron chi connectivity index (χ4n) is 3.78. The van der Waals surface area contributed by atoms with Gasteiger partial charge in [0, 0.05) is 43.3 Å². The van der Waals surface area contributed by atoms with Crippen LogP contribution in [0.15, 0.2) is 58.4 Å². The topological polar surface area (TPSA) is 88.5 Å². The van der Waals surface area contributed by atoms with Crippen LogP contribution in [-0.2, 0) is 23.6 Å². The number of hydrogen-bond acceptors (Lipinski definition) is 4. The lowest BCUT2D eigenvalue weighted by molar-refractivity contribution is 0.0949. The zero-order valence-corrected chi connectivity index (χ0v) is 18.5. The summed E-state index contributed by atoms with van der Waals surface area (Å²) in [5.74, 6) is -0.546. The third-order valence-electron chi connectivity index (χ3n) is 5.50. The van der Waals surface area contributed by atoms with Gasteiger partial charge in [0.2, 0.25) is 15.5 Å². The van der Waals surface area contributed by atoms with Crippen molar-refractivity contribution in [3.05, 3.63) is 75.0 Å². The van der Waals surface area contributed by atoms with Crippen LogP contribution in [-0.4, -0.2) is 36.3 Å². The molecule has 0 atom stereocenters. The smallest absolute Gasteiger partial charge is 0.257 e. The lowest BCUT2D eigenvalue weighted by atomic mass is 10.1. The molecule has 0 saturated carbocycles. The first-order valence-corrected chi connectivity index (χ1v) is 11.8. The first kappa shape index (κ1) is 21.5. The van der Waals surface area contributed by atoms with Crippen molar-refractivity contribution >= 4 is 38.4 Å². The van der Waals surface area contributed by atoms with Crippen LogP contribution >= 0.6 is 11.6 Å². The Morgan fingerprint density at radius 1 is 1.13 bits per heavy atom. The summed E-state index contributed by atoms with van der Waals surface area (Å²) in [6.45, 7) is 1.12. The predicted molar refractivity (Wildman–Crippen MR) is 120 cm³/mol. The van der Waals surface area contributed by atoms with Crippen LogP contribution in [0.1, 0.15) is 28.8 Å². The van der Waals surface area contributed by atoms with Crippen LogP contribution in [0.25, 0.3) is 10.9 Å². The SMILES string of the molecule is Cn1cc(C(=O)NCc2ccccc2Cl)c(=O)c2cc(S(=O)(=O)N3CCCC3)ccc21. The van der Waals surface area contributed by atoms with E-state index in [1.54, 1.807) is 35.9 Å². The summed E-state index contributed by atoms with van der Waals surface area (Å²) in [7, 11) is -1.96. The molecule has 9 heteroatoms. The molecular weight excluding hydrogens is 438 g/mol. The van der Waals surface area contributed by atoms with Crippen molar-refractivity contribution in [2.75, 3.05) is 13.1 Å². The minimum Gasteiger partial charge on any atom is -0.350 e. The molecule has 3 aromatic rings. The number of carbonyl (C=O) groups is 1. The first-order chi connectivity index (χ1) is 14.8. The number of sulfonamides is 1. The zero-order valence-electron chi connectivity index (χ0n) is 17.0. The number of aryl methyl sites for hydroxylation is 1. The van der Waals surface area contributed by atoms with Crippen molar-refractivity contribution in [2.45, 2.75) is 24.3 Å². The van der Waals surface area contributed by atoms with Gasteiger partial charge in [-0.05, 0) is 42.7 Å². The average Bonchev–Trinajstić information content (AvgIpc) is 3.31. The van der Waals surface area contributed by atoms with Gasteiger partial charge < -0.3 is 9.88 Å². The predicted octanol–water partition coefficient (Wildman–Crippen LogP) is 2.91. The number of carbonyl (C=O) groups excluding carboxylic acids is 1. The molecule has 1 amide bonds. The Labute approximate surface area is 185 Å². The van der Waals surface area contributed by atoms with E-state index in [1.165, 1.54) is 22.6 Å². The highest BCUT2D eigenvalue weighted by atomic mass is 35.5. The van der Waals surface area contributed by atoms with Crippen LogP contribution in [0.5, 0.6) is 0 Å². The average molecular weight is 460 g/mol. The number of hydrogen-bond donors (Lipinski definition) is 1. The number of nitrogens with zero attached hydrogens (tertiary/aromatic N) is 2. The third-order valence-corrected chi connectivity index (χ3v) is 7.77. The zero-order chi connectivity index (χ0) is 22.2. The number of amides is 1. The summed E-state index contributed by atoms with van der Waals surface area (Å²) in [6.07, 6.45) is 3.11. The molecule has 0 unspecified atom stereocenters. The quantitative estimate of drug-likeness (QED) is 0.635. The fraction of sp³-hybridized carbons (Fsp3) is 0.273. The Balaban J connectivity index is 1.70. The van der Waals surface area contributed by atoms with Crippen LogP contribution in [0.4, 0.5) is 0 Å². The summed E-state index contributed by atoms with van der Waals surface area (Å²) < 4.78 is 28.9. The van der Waals surface area contributed by atoms with E-state index in [4.69, 9.17) is 11.6 Å². The molecule has 0 bridgehead atoms. The monoisotopic (exact) mass is 459 g/mol. The van der Waals surface area contributed by atoms with E-state index < -0.39 is 21.4 Å².